The van der Waals surface area contributed by atoms with Gasteiger partial charge < -0.3 is 14.6 Å². The van der Waals surface area contributed by atoms with Gasteiger partial charge in [0.2, 0.25) is 0 Å². The minimum atomic E-state index is -0.218. The molecular weight excluding hydrogens is 324 g/mol. The van der Waals surface area contributed by atoms with E-state index in [0.717, 1.165) is 41.0 Å². The monoisotopic (exact) mass is 340 g/mol. The minimum Gasteiger partial charge on any atom is -0.496 e. The molecule has 2 aromatic heterocycles. The first-order chi connectivity index (χ1) is 11.8. The van der Waals surface area contributed by atoms with Crippen LogP contribution in [0.25, 0.3) is 11.3 Å². The van der Waals surface area contributed by atoms with Gasteiger partial charge in [0.1, 0.15) is 5.75 Å². The van der Waals surface area contributed by atoms with E-state index >= 15 is 0 Å². The largest absolute Gasteiger partial charge is 0.496 e. The van der Waals surface area contributed by atoms with Crippen molar-refractivity contribution in [2.45, 2.75) is 19.4 Å². The van der Waals surface area contributed by atoms with Crippen LogP contribution in [0, 0.1) is 0 Å². The lowest BCUT2D eigenvalue weighted by molar-refractivity contribution is 0.0941. The quantitative estimate of drug-likeness (QED) is 0.790. The number of hydrogen-bond donors (Lipinski definition) is 1. The first-order valence-electron chi connectivity index (χ1n) is 7.73. The molecular formula is C18H16N2O3S. The van der Waals surface area contributed by atoms with E-state index in [1.807, 2.05) is 35.7 Å². The molecule has 3 aromatic rings. The Balaban J connectivity index is 1.54. The fourth-order valence-electron chi connectivity index (χ4n) is 3.01. The van der Waals surface area contributed by atoms with Gasteiger partial charge in [0.15, 0.2) is 11.5 Å². The third-order valence-corrected chi connectivity index (χ3v) is 5.21. The van der Waals surface area contributed by atoms with Crippen molar-refractivity contribution in [1.29, 1.82) is 0 Å². The van der Waals surface area contributed by atoms with E-state index < -0.39 is 0 Å². The highest BCUT2D eigenvalue weighted by Gasteiger charge is 2.28. The van der Waals surface area contributed by atoms with Gasteiger partial charge >= 0.3 is 0 Å². The lowest BCUT2D eigenvalue weighted by Crippen LogP contribution is -2.24. The second kappa shape index (κ2) is 6.13. The maximum absolute atomic E-state index is 12.5. The normalized spacial score (nSPS) is 12.4. The van der Waals surface area contributed by atoms with Crippen LogP contribution in [0.1, 0.15) is 26.5 Å². The summed E-state index contributed by atoms with van der Waals surface area (Å²) in [5.41, 5.74) is 3.28. The minimum absolute atomic E-state index is 0.218. The van der Waals surface area contributed by atoms with Gasteiger partial charge in [-0.2, -0.15) is 0 Å². The zero-order chi connectivity index (χ0) is 16.5. The summed E-state index contributed by atoms with van der Waals surface area (Å²) in [5.74, 6) is 1.27. The van der Waals surface area contributed by atoms with Crippen molar-refractivity contribution in [3.8, 4) is 17.1 Å². The number of aromatic nitrogens is 1. The van der Waals surface area contributed by atoms with Crippen molar-refractivity contribution in [1.82, 2.24) is 10.5 Å². The molecule has 0 fully saturated rings. The first kappa shape index (κ1) is 15.0. The Morgan fingerprint density at radius 3 is 3.08 bits per heavy atom. The van der Waals surface area contributed by atoms with E-state index in [1.165, 1.54) is 4.88 Å². The fraction of sp³-hybridized carbons (Fsp3) is 0.222. The number of nitrogens with zero attached hydrogens (tertiary/aromatic N) is 1. The maximum Gasteiger partial charge on any atom is 0.274 e. The van der Waals surface area contributed by atoms with Crippen LogP contribution >= 0.6 is 11.3 Å². The van der Waals surface area contributed by atoms with E-state index in [9.17, 15) is 4.79 Å². The summed E-state index contributed by atoms with van der Waals surface area (Å²) in [6.07, 6.45) is 1.71. The molecule has 0 aliphatic heterocycles. The van der Waals surface area contributed by atoms with Crippen LogP contribution in [-0.4, -0.2) is 18.2 Å². The van der Waals surface area contributed by atoms with Gasteiger partial charge in [-0.15, -0.1) is 11.3 Å². The number of ether oxygens (including phenoxy) is 1. The lowest BCUT2D eigenvalue weighted by Gasteiger charge is -2.11. The molecule has 0 spiro atoms. The molecule has 1 aromatic carbocycles. The molecule has 1 N–H and O–H groups in total. The fourth-order valence-corrected chi connectivity index (χ4v) is 3.89. The molecule has 5 nitrogen and oxygen atoms in total. The summed E-state index contributed by atoms with van der Waals surface area (Å²) in [5, 5.41) is 8.97. The molecule has 122 valence electrons. The van der Waals surface area contributed by atoms with Gasteiger partial charge in [-0.1, -0.05) is 23.4 Å². The number of thiophene rings is 1. The molecule has 0 radical (unpaired) electrons. The third-order valence-electron chi connectivity index (χ3n) is 4.23. The second-order valence-corrected chi connectivity index (χ2v) is 6.59. The number of aryl methyl sites for hydroxylation is 1. The Kier molecular flexibility index (Phi) is 3.82. The van der Waals surface area contributed by atoms with E-state index in [2.05, 4.69) is 10.5 Å². The van der Waals surface area contributed by atoms with Gasteiger partial charge in [-0.25, -0.2) is 0 Å². The van der Waals surface area contributed by atoms with E-state index in [0.29, 0.717) is 12.2 Å². The van der Waals surface area contributed by atoms with Crippen LogP contribution in [0.15, 0.2) is 40.2 Å². The maximum atomic E-state index is 12.5. The number of carbonyl (C=O) groups is 1. The van der Waals surface area contributed by atoms with Crippen LogP contribution in [0.2, 0.25) is 0 Å². The van der Waals surface area contributed by atoms with Gasteiger partial charge in [0, 0.05) is 28.1 Å². The molecule has 0 unspecified atom stereocenters. The molecule has 2 heterocycles. The van der Waals surface area contributed by atoms with Crippen molar-refractivity contribution in [3.63, 3.8) is 0 Å². The van der Waals surface area contributed by atoms with Crippen LogP contribution < -0.4 is 10.1 Å². The zero-order valence-corrected chi connectivity index (χ0v) is 14.0. The number of benzene rings is 1. The highest BCUT2D eigenvalue weighted by Crippen LogP contribution is 2.38. The summed E-state index contributed by atoms with van der Waals surface area (Å²) in [7, 11) is 1.62. The van der Waals surface area contributed by atoms with Crippen LogP contribution in [-0.2, 0) is 19.4 Å². The van der Waals surface area contributed by atoms with E-state index in [1.54, 1.807) is 18.4 Å². The molecule has 0 atom stereocenters. The molecule has 1 amide bonds. The Hall–Kier alpha value is -2.60. The van der Waals surface area contributed by atoms with Crippen LogP contribution in [0.3, 0.4) is 0 Å². The Bertz CT molecular complexity index is 897. The van der Waals surface area contributed by atoms with Gasteiger partial charge in [0.05, 0.1) is 7.11 Å². The standard InChI is InChI=1S/C18H16N2O3S/c1-22-14-5-3-2-4-11(14)10-19-18(21)16-13-6-7-15-12(8-9-24-15)17(13)23-20-16/h2-5,8-9H,6-7,10H2,1H3,(H,19,21). The number of methoxy groups -OCH3 is 1. The van der Waals surface area contributed by atoms with Crippen molar-refractivity contribution >= 4 is 17.2 Å². The molecule has 1 aliphatic carbocycles. The molecule has 0 saturated heterocycles. The molecule has 1 aliphatic rings. The van der Waals surface area contributed by atoms with Crippen LogP contribution in [0.5, 0.6) is 5.75 Å². The average Bonchev–Trinajstić information content (AvgIpc) is 3.25. The lowest BCUT2D eigenvalue weighted by atomic mass is 9.95. The van der Waals surface area contributed by atoms with E-state index in [-0.39, 0.29) is 5.91 Å². The predicted octanol–water partition coefficient (Wildman–Crippen LogP) is 3.44. The SMILES string of the molecule is COc1ccccc1CNC(=O)c1noc2c1CCc1sccc1-2. The number of hydrogen-bond acceptors (Lipinski definition) is 5. The number of rotatable bonds is 4. The Morgan fingerprint density at radius 1 is 1.33 bits per heavy atom. The van der Waals surface area contributed by atoms with Crippen molar-refractivity contribution in [2.75, 3.05) is 7.11 Å². The smallest absolute Gasteiger partial charge is 0.274 e. The number of carbonyl (C=O) groups excluding carboxylic acids is 1. The predicted molar refractivity (Wildman–Crippen MR) is 91.4 cm³/mol. The molecule has 4 rings (SSSR count). The van der Waals surface area contributed by atoms with E-state index in [4.69, 9.17) is 9.26 Å². The molecule has 6 heteroatoms. The summed E-state index contributed by atoms with van der Waals surface area (Å²) >= 11 is 1.72. The number of amides is 1. The average molecular weight is 340 g/mol. The molecule has 24 heavy (non-hydrogen) atoms. The van der Waals surface area contributed by atoms with Crippen molar-refractivity contribution in [2.24, 2.45) is 0 Å². The third kappa shape index (κ3) is 2.49. The zero-order valence-electron chi connectivity index (χ0n) is 13.2. The van der Waals surface area contributed by atoms with Gasteiger partial charge in [-0.3, -0.25) is 4.79 Å². The molecule has 0 saturated carbocycles. The van der Waals surface area contributed by atoms with Gasteiger partial charge in [0.25, 0.3) is 5.91 Å². The summed E-state index contributed by atoms with van der Waals surface area (Å²) in [6.45, 7) is 0.383. The highest BCUT2D eigenvalue weighted by molar-refractivity contribution is 7.10. The van der Waals surface area contributed by atoms with Crippen LogP contribution in [0.4, 0.5) is 0 Å². The Morgan fingerprint density at radius 2 is 2.21 bits per heavy atom. The second-order valence-electron chi connectivity index (χ2n) is 5.59. The topological polar surface area (TPSA) is 64.4 Å². The number of fused-ring (bicyclic) bond motifs is 3. The van der Waals surface area contributed by atoms with Gasteiger partial charge in [-0.05, 0) is 30.4 Å². The molecule has 0 bridgehead atoms. The summed E-state index contributed by atoms with van der Waals surface area (Å²) < 4.78 is 10.8. The summed E-state index contributed by atoms with van der Waals surface area (Å²) in [4.78, 5) is 13.8. The first-order valence-corrected chi connectivity index (χ1v) is 8.61. The number of para-hydroxylation sites is 1. The van der Waals surface area contributed by atoms with Crippen molar-refractivity contribution < 1.29 is 14.1 Å². The summed E-state index contributed by atoms with van der Waals surface area (Å²) in [6, 6.07) is 9.64. The van der Waals surface area contributed by atoms with Crippen molar-refractivity contribution in [3.05, 3.63) is 57.4 Å². The highest BCUT2D eigenvalue weighted by atomic mass is 32.1. The Labute approximate surface area is 143 Å². The number of nitrogens with one attached hydrogen (secondary N) is 1.